The SMILES string of the molecule is CCN(c1ccc(C=NN(c2ccccc2)c2ccccc2)cc1)c1ccc(C=NN(c2ccccc2)c2ccccc2)cc1. The van der Waals surface area contributed by atoms with Gasteiger partial charge in [0.05, 0.1) is 35.2 Å². The van der Waals surface area contributed by atoms with Crippen molar-refractivity contribution in [3.05, 3.63) is 181 Å². The first-order chi connectivity index (χ1) is 22.3. The predicted molar refractivity (Wildman–Crippen MR) is 191 cm³/mol. The predicted octanol–water partition coefficient (Wildman–Crippen LogP) is 10.2. The molecule has 0 bridgehead atoms. The number of hydrogen-bond donors (Lipinski definition) is 0. The number of hydrazone groups is 2. The minimum atomic E-state index is 0.840. The highest BCUT2D eigenvalue weighted by Crippen LogP contribution is 2.28. The van der Waals surface area contributed by atoms with Gasteiger partial charge in [-0.05, 0) is 90.8 Å². The van der Waals surface area contributed by atoms with Crippen molar-refractivity contribution in [3.8, 4) is 0 Å². The van der Waals surface area contributed by atoms with E-state index in [0.717, 1.165) is 51.8 Å². The van der Waals surface area contributed by atoms with E-state index >= 15 is 0 Å². The van der Waals surface area contributed by atoms with Crippen molar-refractivity contribution in [3.63, 3.8) is 0 Å². The fourth-order valence-electron chi connectivity index (χ4n) is 5.09. The standard InChI is InChI=1S/C40H35N5/c1-2-43(35-27-23-33(24-28-35)31-41-44(37-15-7-3-8-16-37)38-17-9-4-10-18-38)36-29-25-34(26-30-36)32-42-45(39-19-11-5-12-20-39)40-21-13-6-14-22-40/h3-32H,2H2,1H3. The molecule has 0 radical (unpaired) electrons. The van der Waals surface area contributed by atoms with Gasteiger partial charge in [0.1, 0.15) is 0 Å². The van der Waals surface area contributed by atoms with Gasteiger partial charge in [-0.2, -0.15) is 10.2 Å². The molecule has 0 unspecified atom stereocenters. The molecule has 6 rings (SSSR count). The summed E-state index contributed by atoms with van der Waals surface area (Å²) in [6.07, 6.45) is 3.81. The van der Waals surface area contributed by atoms with Gasteiger partial charge in [0.15, 0.2) is 0 Å². The van der Waals surface area contributed by atoms with Crippen LogP contribution in [0.25, 0.3) is 0 Å². The van der Waals surface area contributed by atoms with E-state index in [1.54, 1.807) is 0 Å². The molecule has 0 atom stereocenters. The van der Waals surface area contributed by atoms with Gasteiger partial charge in [0, 0.05) is 17.9 Å². The van der Waals surface area contributed by atoms with Crippen LogP contribution in [0.5, 0.6) is 0 Å². The van der Waals surface area contributed by atoms with Crippen LogP contribution in [0, 0.1) is 0 Å². The van der Waals surface area contributed by atoms with Crippen LogP contribution < -0.4 is 14.9 Å². The number of nitrogens with zero attached hydrogens (tertiary/aromatic N) is 5. The van der Waals surface area contributed by atoms with Gasteiger partial charge in [-0.25, -0.2) is 10.0 Å². The average molecular weight is 586 g/mol. The van der Waals surface area contributed by atoms with E-state index in [4.69, 9.17) is 10.2 Å². The monoisotopic (exact) mass is 585 g/mol. The maximum absolute atomic E-state index is 4.84. The zero-order valence-electron chi connectivity index (χ0n) is 25.3. The van der Waals surface area contributed by atoms with Crippen molar-refractivity contribution < 1.29 is 0 Å². The molecule has 0 spiro atoms. The van der Waals surface area contributed by atoms with Crippen LogP contribution in [0.1, 0.15) is 18.1 Å². The molecule has 0 aliphatic heterocycles. The summed E-state index contributed by atoms with van der Waals surface area (Å²) in [6, 6.07) is 57.8. The molecule has 0 saturated heterocycles. The third-order valence-corrected chi connectivity index (χ3v) is 7.37. The van der Waals surface area contributed by atoms with Crippen LogP contribution in [-0.4, -0.2) is 19.0 Å². The molecule has 0 fully saturated rings. The Kier molecular flexibility index (Phi) is 9.39. The highest BCUT2D eigenvalue weighted by Gasteiger charge is 2.10. The van der Waals surface area contributed by atoms with Crippen molar-refractivity contribution in [2.45, 2.75) is 6.92 Å². The van der Waals surface area contributed by atoms with Crippen LogP contribution in [0.15, 0.2) is 180 Å². The number of rotatable bonds is 11. The van der Waals surface area contributed by atoms with E-state index in [9.17, 15) is 0 Å². The molecule has 0 N–H and O–H groups in total. The topological polar surface area (TPSA) is 34.4 Å². The fourth-order valence-corrected chi connectivity index (χ4v) is 5.09. The Balaban J connectivity index is 1.17. The van der Waals surface area contributed by atoms with E-state index in [0.29, 0.717) is 0 Å². The van der Waals surface area contributed by atoms with Crippen LogP contribution in [0.3, 0.4) is 0 Å². The number of benzene rings is 6. The number of para-hydroxylation sites is 4. The van der Waals surface area contributed by atoms with Crippen molar-refractivity contribution in [1.82, 2.24) is 0 Å². The molecule has 5 nitrogen and oxygen atoms in total. The van der Waals surface area contributed by atoms with Gasteiger partial charge >= 0.3 is 0 Å². The van der Waals surface area contributed by atoms with E-state index in [2.05, 4.69) is 109 Å². The zero-order chi connectivity index (χ0) is 30.7. The summed E-state index contributed by atoms with van der Waals surface area (Å²) in [7, 11) is 0. The van der Waals surface area contributed by atoms with E-state index in [-0.39, 0.29) is 0 Å². The highest BCUT2D eigenvalue weighted by atomic mass is 15.5. The van der Waals surface area contributed by atoms with Gasteiger partial charge in [0.25, 0.3) is 0 Å². The molecular weight excluding hydrogens is 550 g/mol. The van der Waals surface area contributed by atoms with E-state index < -0.39 is 0 Å². The largest absolute Gasteiger partial charge is 0.342 e. The second-order valence-corrected chi connectivity index (χ2v) is 10.4. The Hall–Kier alpha value is -5.94. The summed E-state index contributed by atoms with van der Waals surface area (Å²) in [6.45, 7) is 3.01. The Morgan fingerprint density at radius 1 is 0.378 bits per heavy atom. The van der Waals surface area contributed by atoms with E-state index in [1.807, 2.05) is 95.2 Å². The van der Waals surface area contributed by atoms with Gasteiger partial charge in [-0.15, -0.1) is 0 Å². The molecular formula is C40H35N5. The summed E-state index contributed by atoms with van der Waals surface area (Å²) < 4.78 is 0. The van der Waals surface area contributed by atoms with Crippen LogP contribution in [0.4, 0.5) is 34.1 Å². The summed E-state index contributed by atoms with van der Waals surface area (Å²) in [5.74, 6) is 0. The average Bonchev–Trinajstić information content (AvgIpc) is 3.12. The molecule has 0 aliphatic carbocycles. The Morgan fingerprint density at radius 2 is 0.667 bits per heavy atom. The summed E-state index contributed by atoms with van der Waals surface area (Å²) >= 11 is 0. The molecule has 5 heteroatoms. The Bertz CT molecular complexity index is 1590. The first-order valence-electron chi connectivity index (χ1n) is 15.1. The number of anilines is 6. The smallest absolute Gasteiger partial charge is 0.0652 e. The second-order valence-electron chi connectivity index (χ2n) is 10.4. The molecule has 6 aromatic rings. The van der Waals surface area contributed by atoms with Crippen molar-refractivity contribution in [2.24, 2.45) is 10.2 Å². The minimum absolute atomic E-state index is 0.840. The van der Waals surface area contributed by atoms with Gasteiger partial charge in [0.2, 0.25) is 0 Å². The lowest BCUT2D eigenvalue weighted by Crippen LogP contribution is -2.16. The first kappa shape index (κ1) is 29.1. The maximum atomic E-state index is 4.84. The molecule has 45 heavy (non-hydrogen) atoms. The highest BCUT2D eigenvalue weighted by molar-refractivity contribution is 5.84. The molecule has 0 saturated carbocycles. The lowest BCUT2D eigenvalue weighted by atomic mass is 10.1. The molecule has 0 heterocycles. The molecule has 0 amide bonds. The lowest BCUT2D eigenvalue weighted by molar-refractivity contribution is 1.02. The second kappa shape index (κ2) is 14.5. The van der Waals surface area contributed by atoms with Gasteiger partial charge < -0.3 is 4.90 Å². The normalized spacial score (nSPS) is 11.1. The van der Waals surface area contributed by atoms with Crippen LogP contribution >= 0.6 is 0 Å². The Morgan fingerprint density at radius 3 is 0.933 bits per heavy atom. The van der Waals surface area contributed by atoms with Crippen molar-refractivity contribution >= 4 is 46.6 Å². The van der Waals surface area contributed by atoms with Crippen LogP contribution in [0.2, 0.25) is 0 Å². The molecule has 0 aliphatic rings. The molecule has 220 valence electrons. The first-order valence-corrected chi connectivity index (χ1v) is 15.1. The molecule has 0 aromatic heterocycles. The number of hydrogen-bond acceptors (Lipinski definition) is 5. The Labute approximate surface area is 265 Å². The summed E-state index contributed by atoms with van der Waals surface area (Å²) in [5, 5.41) is 13.6. The summed E-state index contributed by atoms with van der Waals surface area (Å²) in [5.41, 5.74) is 8.34. The van der Waals surface area contributed by atoms with Crippen LogP contribution in [-0.2, 0) is 0 Å². The fraction of sp³-hybridized carbons (Fsp3) is 0.0500. The molecule has 6 aromatic carbocycles. The van der Waals surface area contributed by atoms with E-state index in [1.165, 1.54) is 0 Å². The maximum Gasteiger partial charge on any atom is 0.0652 e. The third-order valence-electron chi connectivity index (χ3n) is 7.37. The quantitative estimate of drug-likeness (QED) is 0.112. The minimum Gasteiger partial charge on any atom is -0.342 e. The third kappa shape index (κ3) is 7.35. The van der Waals surface area contributed by atoms with Crippen molar-refractivity contribution in [2.75, 3.05) is 21.5 Å². The van der Waals surface area contributed by atoms with Crippen molar-refractivity contribution in [1.29, 1.82) is 0 Å². The van der Waals surface area contributed by atoms with Gasteiger partial charge in [-0.3, -0.25) is 0 Å². The van der Waals surface area contributed by atoms with Gasteiger partial charge in [-0.1, -0.05) is 97.1 Å². The lowest BCUT2D eigenvalue weighted by Gasteiger charge is -2.24. The summed E-state index contributed by atoms with van der Waals surface area (Å²) in [4.78, 5) is 2.29. The zero-order valence-corrected chi connectivity index (χ0v) is 25.3.